The average Bonchev–Trinajstić information content (AvgIpc) is 3.01. The van der Waals surface area contributed by atoms with Crippen LogP contribution in [0.3, 0.4) is 0 Å². The Labute approximate surface area is 170 Å². The Balaban J connectivity index is 1.68. The van der Waals surface area contributed by atoms with Gasteiger partial charge in [0.25, 0.3) is 0 Å². The van der Waals surface area contributed by atoms with Gasteiger partial charge in [-0.3, -0.25) is 4.79 Å². The van der Waals surface area contributed by atoms with Crippen LogP contribution in [-0.2, 0) is 11.8 Å². The molecule has 1 N–H and O–H groups in total. The number of ether oxygens (including phenoxy) is 1. The first-order valence-electron chi connectivity index (χ1n) is 7.90. The minimum Gasteiger partial charge on any atom is -0.495 e. The largest absolute Gasteiger partial charge is 0.495 e. The molecule has 0 bridgehead atoms. The number of aromatic nitrogens is 3. The lowest BCUT2D eigenvalue weighted by Crippen LogP contribution is -2.15. The minimum absolute atomic E-state index is 0.168. The number of hydrogen-bond donors (Lipinski definition) is 1. The molecule has 0 fully saturated rings. The molecule has 0 saturated heterocycles. The van der Waals surface area contributed by atoms with Gasteiger partial charge in [-0.25, -0.2) is 0 Å². The lowest BCUT2D eigenvalue weighted by molar-refractivity contribution is -0.113. The van der Waals surface area contributed by atoms with E-state index in [1.807, 2.05) is 19.2 Å². The van der Waals surface area contributed by atoms with Gasteiger partial charge in [0, 0.05) is 17.6 Å². The second-order valence-corrected chi connectivity index (χ2v) is 7.31. The van der Waals surface area contributed by atoms with E-state index in [4.69, 9.17) is 27.9 Å². The Bertz CT molecular complexity index is 978. The van der Waals surface area contributed by atoms with E-state index in [9.17, 15) is 4.79 Å². The minimum atomic E-state index is -0.168. The number of halogens is 2. The molecular formula is C18H16Cl2N4O2S. The number of methoxy groups -OCH3 is 1. The van der Waals surface area contributed by atoms with Crippen LogP contribution < -0.4 is 10.1 Å². The number of thioether (sulfide) groups is 1. The van der Waals surface area contributed by atoms with Crippen molar-refractivity contribution >= 4 is 46.6 Å². The van der Waals surface area contributed by atoms with Gasteiger partial charge in [-0.15, -0.1) is 10.2 Å². The first-order valence-corrected chi connectivity index (χ1v) is 9.64. The number of nitrogens with one attached hydrogen (secondary N) is 1. The molecule has 0 radical (unpaired) electrons. The molecular weight excluding hydrogens is 407 g/mol. The van der Waals surface area contributed by atoms with Crippen molar-refractivity contribution in [1.82, 2.24) is 14.8 Å². The van der Waals surface area contributed by atoms with Crippen molar-refractivity contribution in [2.75, 3.05) is 18.2 Å². The number of nitrogens with zero attached hydrogens (tertiary/aromatic N) is 3. The highest BCUT2D eigenvalue weighted by Gasteiger charge is 2.16. The van der Waals surface area contributed by atoms with Crippen LogP contribution in [0, 0.1) is 0 Å². The van der Waals surface area contributed by atoms with Gasteiger partial charge in [0.05, 0.1) is 23.6 Å². The zero-order valence-electron chi connectivity index (χ0n) is 14.6. The van der Waals surface area contributed by atoms with Crippen molar-refractivity contribution in [2.24, 2.45) is 7.05 Å². The second kappa shape index (κ2) is 8.65. The molecule has 0 saturated carbocycles. The molecule has 0 aliphatic heterocycles. The molecule has 6 nitrogen and oxygen atoms in total. The number of rotatable bonds is 6. The Morgan fingerprint density at radius 1 is 1.22 bits per heavy atom. The van der Waals surface area contributed by atoms with Gasteiger partial charge in [-0.05, 0) is 30.3 Å². The molecule has 27 heavy (non-hydrogen) atoms. The summed E-state index contributed by atoms with van der Waals surface area (Å²) in [5.41, 5.74) is 1.35. The molecule has 2 aromatic carbocycles. The summed E-state index contributed by atoms with van der Waals surface area (Å²) in [6, 6.07) is 12.4. The van der Waals surface area contributed by atoms with Crippen LogP contribution in [-0.4, -0.2) is 33.5 Å². The van der Waals surface area contributed by atoms with Gasteiger partial charge < -0.3 is 14.6 Å². The van der Waals surface area contributed by atoms with Crippen molar-refractivity contribution < 1.29 is 9.53 Å². The summed E-state index contributed by atoms with van der Waals surface area (Å²) >= 11 is 13.5. The lowest BCUT2D eigenvalue weighted by atomic mass is 10.2. The molecule has 0 spiro atoms. The number of carbonyl (C=O) groups is 1. The standard InChI is InChI=1S/C18H16Cl2N4O2S/c1-24-17(12-8-7-11(19)9-13(12)20)22-23-18(24)27-10-16(25)21-14-5-3-4-6-15(14)26-2/h3-9H,10H2,1-2H3,(H,21,25). The van der Waals surface area contributed by atoms with Crippen LogP contribution in [0.4, 0.5) is 5.69 Å². The lowest BCUT2D eigenvalue weighted by Gasteiger charge is -2.09. The fourth-order valence-electron chi connectivity index (χ4n) is 2.41. The molecule has 3 aromatic rings. The summed E-state index contributed by atoms with van der Waals surface area (Å²) in [4.78, 5) is 12.3. The van der Waals surface area contributed by atoms with E-state index >= 15 is 0 Å². The molecule has 1 aromatic heterocycles. The fourth-order valence-corrected chi connectivity index (χ4v) is 3.61. The van der Waals surface area contributed by atoms with Gasteiger partial charge in [0.15, 0.2) is 11.0 Å². The zero-order valence-corrected chi connectivity index (χ0v) is 16.9. The summed E-state index contributed by atoms with van der Waals surface area (Å²) in [6.45, 7) is 0. The van der Waals surface area contributed by atoms with Crippen LogP contribution in [0.25, 0.3) is 11.4 Å². The molecule has 3 rings (SSSR count). The first kappa shape index (κ1) is 19.5. The van der Waals surface area contributed by atoms with E-state index < -0.39 is 0 Å². The molecule has 0 aliphatic rings. The summed E-state index contributed by atoms with van der Waals surface area (Å²) in [7, 11) is 3.38. The molecule has 0 aliphatic carbocycles. The third-order valence-electron chi connectivity index (χ3n) is 3.72. The van der Waals surface area contributed by atoms with Crippen LogP contribution in [0.1, 0.15) is 0 Å². The number of benzene rings is 2. The van der Waals surface area contributed by atoms with Gasteiger partial charge in [0.2, 0.25) is 5.91 Å². The quantitative estimate of drug-likeness (QED) is 0.590. The van der Waals surface area contributed by atoms with Crippen molar-refractivity contribution in [1.29, 1.82) is 0 Å². The Morgan fingerprint density at radius 3 is 2.74 bits per heavy atom. The van der Waals surface area contributed by atoms with Crippen molar-refractivity contribution in [3.05, 3.63) is 52.5 Å². The monoisotopic (exact) mass is 422 g/mol. The Hall–Kier alpha value is -2.22. The third-order valence-corrected chi connectivity index (χ3v) is 5.29. The van der Waals surface area contributed by atoms with Gasteiger partial charge in [0.1, 0.15) is 5.75 Å². The third kappa shape index (κ3) is 4.55. The molecule has 0 atom stereocenters. The topological polar surface area (TPSA) is 69.0 Å². The maximum absolute atomic E-state index is 12.3. The van der Waals surface area contributed by atoms with Crippen LogP contribution in [0.15, 0.2) is 47.6 Å². The number of anilines is 1. The molecule has 0 unspecified atom stereocenters. The second-order valence-electron chi connectivity index (χ2n) is 5.53. The molecule has 140 valence electrons. The van der Waals surface area contributed by atoms with Gasteiger partial charge >= 0.3 is 0 Å². The van der Waals surface area contributed by atoms with E-state index in [0.717, 1.165) is 5.56 Å². The summed E-state index contributed by atoms with van der Waals surface area (Å²) in [6.07, 6.45) is 0. The summed E-state index contributed by atoms with van der Waals surface area (Å²) in [5, 5.41) is 12.8. The van der Waals surface area contributed by atoms with Gasteiger partial charge in [-0.1, -0.05) is 47.1 Å². The van der Waals surface area contributed by atoms with E-state index in [1.54, 1.807) is 42.0 Å². The first-order chi connectivity index (χ1) is 13.0. The Kier molecular flexibility index (Phi) is 6.26. The highest BCUT2D eigenvalue weighted by molar-refractivity contribution is 7.99. The van der Waals surface area contributed by atoms with Gasteiger partial charge in [-0.2, -0.15) is 0 Å². The van der Waals surface area contributed by atoms with E-state index in [0.29, 0.717) is 32.5 Å². The summed E-state index contributed by atoms with van der Waals surface area (Å²) < 4.78 is 7.02. The van der Waals surface area contributed by atoms with Crippen molar-refractivity contribution in [2.45, 2.75) is 5.16 Å². The normalized spacial score (nSPS) is 10.7. The predicted molar refractivity (Wildman–Crippen MR) is 109 cm³/mol. The smallest absolute Gasteiger partial charge is 0.234 e. The maximum Gasteiger partial charge on any atom is 0.234 e. The van der Waals surface area contributed by atoms with Crippen LogP contribution in [0.2, 0.25) is 10.0 Å². The van der Waals surface area contributed by atoms with Crippen LogP contribution in [0.5, 0.6) is 5.75 Å². The fraction of sp³-hybridized carbons (Fsp3) is 0.167. The molecule has 9 heteroatoms. The van der Waals surface area contributed by atoms with E-state index in [2.05, 4.69) is 15.5 Å². The maximum atomic E-state index is 12.3. The Morgan fingerprint density at radius 2 is 2.00 bits per heavy atom. The number of amides is 1. The summed E-state index contributed by atoms with van der Waals surface area (Å²) in [5.74, 6) is 1.22. The van der Waals surface area contributed by atoms with Crippen molar-refractivity contribution in [3.8, 4) is 17.1 Å². The number of carbonyl (C=O) groups excluding carboxylic acids is 1. The molecule has 1 amide bonds. The SMILES string of the molecule is COc1ccccc1NC(=O)CSc1nnc(-c2ccc(Cl)cc2Cl)n1C. The number of hydrogen-bond acceptors (Lipinski definition) is 5. The van der Waals surface area contributed by atoms with E-state index in [1.165, 1.54) is 11.8 Å². The highest BCUT2D eigenvalue weighted by atomic mass is 35.5. The molecule has 1 heterocycles. The highest BCUT2D eigenvalue weighted by Crippen LogP contribution is 2.31. The van der Waals surface area contributed by atoms with E-state index in [-0.39, 0.29) is 11.7 Å². The number of para-hydroxylation sites is 2. The van der Waals surface area contributed by atoms with Crippen molar-refractivity contribution in [3.63, 3.8) is 0 Å². The predicted octanol–water partition coefficient (Wildman–Crippen LogP) is 4.53. The average molecular weight is 423 g/mol. The van der Waals surface area contributed by atoms with Crippen LogP contribution >= 0.6 is 35.0 Å². The zero-order chi connectivity index (χ0) is 19.4.